The second-order valence-corrected chi connectivity index (χ2v) is 5.93. The topological polar surface area (TPSA) is 78.4 Å². The van der Waals surface area contributed by atoms with Gasteiger partial charge in [0.05, 0.1) is 0 Å². The number of hydrogen-bond acceptors (Lipinski definition) is 2. The van der Waals surface area contributed by atoms with E-state index in [-0.39, 0.29) is 11.8 Å². The molecule has 2 unspecified atom stereocenters. The van der Waals surface area contributed by atoms with Gasteiger partial charge in [0.1, 0.15) is 5.54 Å². The van der Waals surface area contributed by atoms with Crippen LogP contribution in [0.2, 0.25) is 0 Å². The highest BCUT2D eigenvalue weighted by Crippen LogP contribution is 2.39. The number of aliphatic carboxylic acids is 1. The summed E-state index contributed by atoms with van der Waals surface area (Å²) in [7, 11) is 0. The predicted molar refractivity (Wildman–Crippen MR) is 80.2 cm³/mol. The fourth-order valence-electron chi connectivity index (χ4n) is 2.42. The van der Waals surface area contributed by atoms with Crippen LogP contribution in [-0.4, -0.2) is 29.2 Å². The van der Waals surface area contributed by atoms with Gasteiger partial charge in [0, 0.05) is 6.54 Å². The fourth-order valence-corrected chi connectivity index (χ4v) is 2.42. The Morgan fingerprint density at radius 3 is 2.48 bits per heavy atom. The van der Waals surface area contributed by atoms with E-state index in [1.54, 1.807) is 6.92 Å². The van der Waals surface area contributed by atoms with Crippen molar-refractivity contribution in [2.45, 2.75) is 38.1 Å². The van der Waals surface area contributed by atoms with Crippen molar-refractivity contribution in [3.63, 3.8) is 0 Å². The Morgan fingerprint density at radius 2 is 1.95 bits per heavy atom. The van der Waals surface area contributed by atoms with Crippen LogP contribution in [0, 0.1) is 5.92 Å². The quantitative estimate of drug-likeness (QED) is 0.752. The minimum Gasteiger partial charge on any atom is -0.480 e. The minimum absolute atomic E-state index is 0.0345. The molecule has 0 aliphatic heterocycles. The molecule has 5 heteroatoms. The first kappa shape index (κ1) is 15.4. The number of nitrogens with one attached hydrogen (secondary N) is 2. The van der Waals surface area contributed by atoms with Gasteiger partial charge < -0.3 is 15.7 Å². The zero-order valence-electron chi connectivity index (χ0n) is 12.4. The molecule has 1 saturated carbocycles. The third kappa shape index (κ3) is 3.74. The van der Waals surface area contributed by atoms with Gasteiger partial charge in [-0.15, -0.1) is 0 Å². The van der Waals surface area contributed by atoms with E-state index >= 15 is 0 Å². The van der Waals surface area contributed by atoms with Gasteiger partial charge >= 0.3 is 12.0 Å². The lowest BCUT2D eigenvalue weighted by Gasteiger charge is -2.26. The molecule has 0 saturated heterocycles. The molecule has 2 atom stereocenters. The van der Waals surface area contributed by atoms with Gasteiger partial charge in [-0.3, -0.25) is 0 Å². The number of hydrogen-bond donors (Lipinski definition) is 3. The molecule has 0 bridgehead atoms. The van der Waals surface area contributed by atoms with Gasteiger partial charge in [0.15, 0.2) is 0 Å². The number of amides is 2. The van der Waals surface area contributed by atoms with E-state index in [9.17, 15) is 14.7 Å². The van der Waals surface area contributed by atoms with E-state index in [0.29, 0.717) is 6.54 Å². The Bertz CT molecular complexity index is 514. The number of benzene rings is 1. The van der Waals surface area contributed by atoms with E-state index in [4.69, 9.17) is 0 Å². The molecule has 0 heterocycles. The Balaban J connectivity index is 1.86. The van der Waals surface area contributed by atoms with Crippen molar-refractivity contribution in [1.29, 1.82) is 0 Å². The highest BCUT2D eigenvalue weighted by atomic mass is 16.4. The molecule has 0 aromatic heterocycles. The van der Waals surface area contributed by atoms with Crippen LogP contribution in [0.3, 0.4) is 0 Å². The summed E-state index contributed by atoms with van der Waals surface area (Å²) in [6.07, 6.45) is 1.70. The Labute approximate surface area is 124 Å². The van der Waals surface area contributed by atoms with Crippen molar-refractivity contribution < 1.29 is 14.7 Å². The van der Waals surface area contributed by atoms with E-state index < -0.39 is 17.5 Å². The predicted octanol–water partition coefficient (Wildman–Crippen LogP) is 2.34. The summed E-state index contributed by atoms with van der Waals surface area (Å²) < 4.78 is 0. The molecule has 21 heavy (non-hydrogen) atoms. The molecule has 1 fully saturated rings. The van der Waals surface area contributed by atoms with Crippen LogP contribution in [-0.2, 0) is 4.79 Å². The number of urea groups is 1. The molecule has 1 aliphatic carbocycles. The molecule has 0 radical (unpaired) electrons. The van der Waals surface area contributed by atoms with Crippen LogP contribution in [0.4, 0.5) is 4.79 Å². The zero-order chi connectivity index (χ0) is 15.5. The Hall–Kier alpha value is -2.04. The average Bonchev–Trinajstić information content (AvgIpc) is 3.30. The maximum Gasteiger partial charge on any atom is 0.329 e. The molecule has 1 aliphatic rings. The highest BCUT2D eigenvalue weighted by molar-refractivity contribution is 5.86. The van der Waals surface area contributed by atoms with E-state index in [1.807, 2.05) is 37.3 Å². The van der Waals surface area contributed by atoms with Crippen molar-refractivity contribution in [2.24, 2.45) is 5.92 Å². The van der Waals surface area contributed by atoms with E-state index in [0.717, 1.165) is 18.4 Å². The normalized spacial score (nSPS) is 18.4. The maximum absolute atomic E-state index is 11.9. The van der Waals surface area contributed by atoms with Gasteiger partial charge in [-0.25, -0.2) is 9.59 Å². The van der Waals surface area contributed by atoms with E-state index in [2.05, 4.69) is 10.6 Å². The summed E-state index contributed by atoms with van der Waals surface area (Å²) in [6, 6.07) is 9.46. The first-order valence-electron chi connectivity index (χ1n) is 7.28. The number of carbonyl (C=O) groups is 2. The molecular weight excluding hydrogens is 268 g/mol. The summed E-state index contributed by atoms with van der Waals surface area (Å²) in [5, 5.41) is 14.7. The monoisotopic (exact) mass is 290 g/mol. The smallest absolute Gasteiger partial charge is 0.329 e. The Morgan fingerprint density at radius 1 is 1.33 bits per heavy atom. The lowest BCUT2D eigenvalue weighted by molar-refractivity contribution is -0.144. The lowest BCUT2D eigenvalue weighted by atomic mass is 9.96. The van der Waals surface area contributed by atoms with Crippen LogP contribution >= 0.6 is 0 Å². The van der Waals surface area contributed by atoms with Crippen LogP contribution in [0.15, 0.2) is 30.3 Å². The summed E-state index contributed by atoms with van der Waals surface area (Å²) >= 11 is 0. The molecule has 3 N–H and O–H groups in total. The standard InChI is InChI=1S/C16H22N2O3/c1-11(12-6-4-3-5-7-12)10-17-15(21)18-16(2,14(19)20)13-8-9-13/h3-7,11,13H,8-10H2,1-2H3,(H,19,20)(H2,17,18,21). The summed E-state index contributed by atoms with van der Waals surface area (Å²) in [6.45, 7) is 4.07. The zero-order valence-corrected chi connectivity index (χ0v) is 12.4. The van der Waals surface area contributed by atoms with Crippen LogP contribution in [0.1, 0.15) is 38.2 Å². The van der Waals surface area contributed by atoms with Gasteiger partial charge in [0.2, 0.25) is 0 Å². The summed E-state index contributed by atoms with van der Waals surface area (Å²) in [5.74, 6) is -0.766. The van der Waals surface area contributed by atoms with Gasteiger partial charge in [-0.1, -0.05) is 37.3 Å². The van der Waals surface area contributed by atoms with Gasteiger partial charge in [-0.2, -0.15) is 0 Å². The number of rotatable bonds is 6. The molecule has 1 aromatic carbocycles. The van der Waals surface area contributed by atoms with Crippen molar-refractivity contribution in [2.75, 3.05) is 6.54 Å². The highest BCUT2D eigenvalue weighted by Gasteiger charge is 2.48. The number of carboxylic acids is 1. The third-order valence-corrected chi connectivity index (χ3v) is 4.15. The fraction of sp³-hybridized carbons (Fsp3) is 0.500. The first-order valence-corrected chi connectivity index (χ1v) is 7.28. The van der Waals surface area contributed by atoms with Crippen LogP contribution in [0.25, 0.3) is 0 Å². The van der Waals surface area contributed by atoms with Crippen molar-refractivity contribution in [3.8, 4) is 0 Å². The van der Waals surface area contributed by atoms with Crippen molar-refractivity contribution in [1.82, 2.24) is 10.6 Å². The van der Waals surface area contributed by atoms with Crippen molar-refractivity contribution >= 4 is 12.0 Å². The number of carbonyl (C=O) groups excluding carboxylic acids is 1. The first-order chi connectivity index (χ1) is 9.93. The third-order valence-electron chi connectivity index (χ3n) is 4.15. The largest absolute Gasteiger partial charge is 0.480 e. The Kier molecular flexibility index (Phi) is 4.50. The number of carboxylic acid groups (broad SMARTS) is 1. The SMILES string of the molecule is CC(CNC(=O)NC(C)(C(=O)O)C1CC1)c1ccccc1. The van der Waals surface area contributed by atoms with Crippen LogP contribution in [0.5, 0.6) is 0 Å². The van der Waals surface area contributed by atoms with Gasteiger partial charge in [-0.05, 0) is 37.2 Å². The second kappa shape index (κ2) is 6.16. The minimum atomic E-state index is -1.17. The average molecular weight is 290 g/mol. The van der Waals surface area contributed by atoms with E-state index in [1.165, 1.54) is 0 Å². The maximum atomic E-state index is 11.9. The molecular formula is C16H22N2O3. The molecule has 0 spiro atoms. The van der Waals surface area contributed by atoms with Gasteiger partial charge in [0.25, 0.3) is 0 Å². The van der Waals surface area contributed by atoms with Crippen molar-refractivity contribution in [3.05, 3.63) is 35.9 Å². The molecule has 5 nitrogen and oxygen atoms in total. The lowest BCUT2D eigenvalue weighted by Crippen LogP contribution is -2.57. The molecule has 2 amide bonds. The summed E-state index contributed by atoms with van der Waals surface area (Å²) in [4.78, 5) is 23.3. The molecule has 114 valence electrons. The molecule has 2 rings (SSSR count). The van der Waals surface area contributed by atoms with Crippen LogP contribution < -0.4 is 10.6 Å². The summed E-state index contributed by atoms with van der Waals surface area (Å²) in [5.41, 5.74) is -0.0268. The molecule has 1 aromatic rings. The second-order valence-electron chi connectivity index (χ2n) is 5.93.